The van der Waals surface area contributed by atoms with E-state index in [4.69, 9.17) is 6.42 Å². The number of amides is 1. The molecule has 12 heavy (non-hydrogen) atoms. The topological polar surface area (TPSA) is 29.1 Å². The van der Waals surface area contributed by atoms with Crippen LogP contribution < -0.4 is 5.32 Å². The van der Waals surface area contributed by atoms with Gasteiger partial charge in [0.15, 0.2) is 0 Å². The zero-order valence-corrected chi connectivity index (χ0v) is 6.72. The first-order valence-electron chi connectivity index (χ1n) is 3.53. The van der Waals surface area contributed by atoms with Gasteiger partial charge in [0.2, 0.25) is 0 Å². The van der Waals surface area contributed by atoms with Crippen LogP contribution in [0.4, 0.5) is 0 Å². The van der Waals surface area contributed by atoms with E-state index in [2.05, 4.69) is 11.2 Å². The fourth-order valence-corrected chi connectivity index (χ4v) is 0.849. The Kier molecular flexibility index (Phi) is 2.49. The molecule has 2 heteroatoms. The Balaban J connectivity index is 2.94. The average molecular weight is 158 g/mol. The van der Waals surface area contributed by atoms with Crippen molar-refractivity contribution in [2.24, 2.45) is 0 Å². The fraction of sp³-hybridized carbons (Fsp3) is 0.100. The van der Waals surface area contributed by atoms with E-state index in [-0.39, 0.29) is 5.91 Å². The Morgan fingerprint density at radius 2 is 2.00 bits per heavy atom. The van der Waals surface area contributed by atoms with Crippen LogP contribution in [0.2, 0.25) is 0 Å². The summed E-state index contributed by atoms with van der Waals surface area (Å²) in [6.45, 7) is 0. The predicted molar refractivity (Wildman–Crippen MR) is 46.1 cm³/mol. The zero-order chi connectivity index (χ0) is 8.97. The quantitative estimate of drug-likeness (QED) is 0.606. The van der Waals surface area contributed by atoms with Gasteiger partial charge in [-0.2, -0.15) is 0 Å². The lowest BCUT2D eigenvalue weighted by atomic mass is 10.1. The molecule has 0 aliphatic heterocycles. The van der Waals surface area contributed by atoms with Crippen LogP contribution in [0.15, 0.2) is 24.3 Å². The minimum absolute atomic E-state index is 0.119. The minimum atomic E-state index is -0.119. The monoisotopic (exact) mass is 158 g/mol. The summed E-state index contributed by atoms with van der Waals surface area (Å²) in [5.41, 5.74) is 1.26. The van der Waals surface area contributed by atoms with Crippen molar-refractivity contribution in [1.29, 1.82) is 0 Å². The van der Waals surface area contributed by atoms with E-state index in [1.54, 1.807) is 31.3 Å². The van der Waals surface area contributed by atoms with Crippen LogP contribution in [-0.2, 0) is 0 Å². The van der Waals surface area contributed by atoms with Gasteiger partial charge >= 0.3 is 0 Å². The van der Waals surface area contributed by atoms with Gasteiger partial charge < -0.3 is 5.32 Å². The van der Waals surface area contributed by atoms with E-state index >= 15 is 0 Å². The van der Waals surface area contributed by atoms with Crippen LogP contribution in [-0.4, -0.2) is 13.0 Å². The Morgan fingerprint density at radius 3 is 2.42 bits per heavy atom. The SMILES string of the molecule is [C]#Cc1ccc(C(=O)NC)cc1. The number of carbonyl (C=O) groups is 1. The summed E-state index contributed by atoms with van der Waals surface area (Å²) >= 11 is 0. The molecule has 1 amide bonds. The lowest BCUT2D eigenvalue weighted by Crippen LogP contribution is -2.17. The highest BCUT2D eigenvalue weighted by molar-refractivity contribution is 5.94. The van der Waals surface area contributed by atoms with E-state index in [1.807, 2.05) is 0 Å². The second kappa shape index (κ2) is 3.59. The molecule has 0 atom stereocenters. The first-order chi connectivity index (χ1) is 5.77. The molecule has 1 aromatic rings. The lowest BCUT2D eigenvalue weighted by Gasteiger charge is -1.98. The van der Waals surface area contributed by atoms with Crippen LogP contribution in [0.5, 0.6) is 0 Å². The Labute approximate surface area is 71.6 Å². The minimum Gasteiger partial charge on any atom is -0.355 e. The van der Waals surface area contributed by atoms with Crippen molar-refractivity contribution in [2.75, 3.05) is 7.05 Å². The van der Waals surface area contributed by atoms with E-state index in [0.29, 0.717) is 11.1 Å². The second-order valence-electron chi connectivity index (χ2n) is 2.28. The molecular formula is C10H8NO. The summed E-state index contributed by atoms with van der Waals surface area (Å²) in [6, 6.07) is 6.68. The molecule has 0 aliphatic carbocycles. The molecule has 59 valence electrons. The molecule has 0 aliphatic rings. The molecule has 0 fully saturated rings. The van der Waals surface area contributed by atoms with Gasteiger partial charge in [0, 0.05) is 18.2 Å². The van der Waals surface area contributed by atoms with Crippen LogP contribution in [0.25, 0.3) is 0 Å². The van der Waals surface area contributed by atoms with Crippen molar-refractivity contribution >= 4 is 5.91 Å². The van der Waals surface area contributed by atoms with Gasteiger partial charge in [-0.15, -0.1) is 0 Å². The molecule has 0 aromatic heterocycles. The van der Waals surface area contributed by atoms with Crippen LogP contribution in [0.3, 0.4) is 0 Å². The van der Waals surface area contributed by atoms with Crippen molar-refractivity contribution in [3.05, 3.63) is 41.8 Å². The molecule has 1 rings (SSSR count). The van der Waals surface area contributed by atoms with Crippen molar-refractivity contribution < 1.29 is 4.79 Å². The molecule has 0 heterocycles. The summed E-state index contributed by atoms with van der Waals surface area (Å²) < 4.78 is 0. The normalized spacial score (nSPS) is 8.67. The van der Waals surface area contributed by atoms with Gasteiger partial charge in [-0.1, -0.05) is 5.92 Å². The van der Waals surface area contributed by atoms with Crippen LogP contribution in [0.1, 0.15) is 15.9 Å². The number of benzene rings is 1. The summed E-state index contributed by atoms with van der Waals surface area (Å²) in [5.74, 6) is 2.11. The van der Waals surface area contributed by atoms with Crippen LogP contribution >= 0.6 is 0 Å². The first kappa shape index (κ1) is 8.35. The van der Waals surface area contributed by atoms with Crippen molar-refractivity contribution in [3.8, 4) is 5.92 Å². The Hall–Kier alpha value is -1.75. The summed E-state index contributed by atoms with van der Waals surface area (Å²) in [6.07, 6.45) is 6.82. The second-order valence-corrected chi connectivity index (χ2v) is 2.28. The number of rotatable bonds is 1. The number of hydrogen-bond acceptors (Lipinski definition) is 1. The maximum absolute atomic E-state index is 11.0. The van der Waals surface area contributed by atoms with E-state index in [9.17, 15) is 4.79 Å². The molecule has 0 spiro atoms. The van der Waals surface area contributed by atoms with Crippen LogP contribution in [0, 0.1) is 12.3 Å². The highest BCUT2D eigenvalue weighted by atomic mass is 16.1. The highest BCUT2D eigenvalue weighted by Gasteiger charge is 2.00. The van der Waals surface area contributed by atoms with Gasteiger partial charge in [-0.25, -0.2) is 0 Å². The van der Waals surface area contributed by atoms with E-state index < -0.39 is 0 Å². The number of nitrogens with one attached hydrogen (secondary N) is 1. The number of hydrogen-bond donors (Lipinski definition) is 1. The molecule has 0 unspecified atom stereocenters. The standard InChI is InChI=1S/C10H8NO/c1-3-8-4-6-9(7-5-8)10(12)11-2/h4-7H,2H3,(H,11,12). The lowest BCUT2D eigenvalue weighted by molar-refractivity contribution is 0.0963. The maximum Gasteiger partial charge on any atom is 0.251 e. The van der Waals surface area contributed by atoms with E-state index in [0.717, 1.165) is 0 Å². The molecule has 0 saturated carbocycles. The highest BCUT2D eigenvalue weighted by Crippen LogP contribution is 2.02. The largest absolute Gasteiger partial charge is 0.355 e. The molecule has 0 saturated heterocycles. The fourth-order valence-electron chi connectivity index (χ4n) is 0.849. The van der Waals surface area contributed by atoms with Crippen molar-refractivity contribution in [3.63, 3.8) is 0 Å². The van der Waals surface area contributed by atoms with Gasteiger partial charge in [0.25, 0.3) is 5.91 Å². The molecular weight excluding hydrogens is 150 g/mol. The maximum atomic E-state index is 11.0. The summed E-state index contributed by atoms with van der Waals surface area (Å²) in [5, 5.41) is 2.51. The molecule has 0 bridgehead atoms. The third-order valence-electron chi connectivity index (χ3n) is 1.52. The van der Waals surface area contributed by atoms with Gasteiger partial charge in [-0.3, -0.25) is 4.79 Å². The molecule has 1 radical (unpaired) electrons. The van der Waals surface area contributed by atoms with E-state index in [1.165, 1.54) is 0 Å². The smallest absolute Gasteiger partial charge is 0.251 e. The third kappa shape index (κ3) is 1.64. The summed E-state index contributed by atoms with van der Waals surface area (Å²) in [4.78, 5) is 11.0. The first-order valence-corrected chi connectivity index (χ1v) is 3.53. The Bertz CT molecular complexity index is 319. The zero-order valence-electron chi connectivity index (χ0n) is 6.72. The van der Waals surface area contributed by atoms with Crippen molar-refractivity contribution in [2.45, 2.75) is 0 Å². The average Bonchev–Trinajstić information content (AvgIpc) is 2.17. The van der Waals surface area contributed by atoms with Crippen molar-refractivity contribution in [1.82, 2.24) is 5.32 Å². The summed E-state index contributed by atoms with van der Waals surface area (Å²) in [7, 11) is 1.58. The van der Waals surface area contributed by atoms with Gasteiger partial charge in [0.05, 0.1) is 0 Å². The van der Waals surface area contributed by atoms with Gasteiger partial charge in [-0.05, 0) is 30.7 Å². The third-order valence-corrected chi connectivity index (χ3v) is 1.52. The molecule has 1 aromatic carbocycles. The molecule has 1 N–H and O–H groups in total. The Morgan fingerprint density at radius 1 is 1.42 bits per heavy atom. The molecule has 2 nitrogen and oxygen atoms in total. The predicted octanol–water partition coefficient (Wildman–Crippen LogP) is 0.984. The number of carbonyl (C=O) groups excluding carboxylic acids is 1. The van der Waals surface area contributed by atoms with Gasteiger partial charge in [0.1, 0.15) is 0 Å².